The molecule has 0 radical (unpaired) electrons. The van der Waals surface area contributed by atoms with Crippen LogP contribution in [-0.4, -0.2) is 13.3 Å². The molecule has 0 unspecified atom stereocenters. The molecule has 0 aliphatic heterocycles. The summed E-state index contributed by atoms with van der Waals surface area (Å²) in [4.78, 5) is 10.6. The van der Waals surface area contributed by atoms with Gasteiger partial charge in [0.05, 0.1) is 9.82 Å². The summed E-state index contributed by atoms with van der Waals surface area (Å²) in [6, 6.07) is 3.68. The first-order valence-corrected chi connectivity index (χ1v) is 9.90. The van der Waals surface area contributed by atoms with E-state index in [1.807, 2.05) is 13.0 Å². The normalized spacial score (nSPS) is 14.1. The maximum absolute atomic E-state index is 12.6. The molecule has 0 amide bonds. The molecule has 0 heterocycles. The van der Waals surface area contributed by atoms with Crippen molar-refractivity contribution in [3.63, 3.8) is 0 Å². The molecular formula is C20H21N3O4S. The van der Waals surface area contributed by atoms with Gasteiger partial charge in [-0.15, -0.1) is 0 Å². The Morgan fingerprint density at radius 2 is 2.04 bits per heavy atom. The molecular weight excluding hydrogens is 378 g/mol. The number of nitrogens with zero attached hydrogens (tertiary/aromatic N) is 1. The predicted molar refractivity (Wildman–Crippen MR) is 111 cm³/mol. The van der Waals surface area contributed by atoms with Gasteiger partial charge in [0.15, 0.2) is 0 Å². The van der Waals surface area contributed by atoms with Gasteiger partial charge in [0.2, 0.25) is 0 Å². The Hall–Kier alpha value is -3.39. The summed E-state index contributed by atoms with van der Waals surface area (Å²) in [5.74, 6) is 0. The highest BCUT2D eigenvalue weighted by atomic mass is 32.2. The number of sulfonamides is 1. The van der Waals surface area contributed by atoms with Crippen molar-refractivity contribution in [2.24, 2.45) is 0 Å². The zero-order valence-electron chi connectivity index (χ0n) is 15.3. The van der Waals surface area contributed by atoms with Crippen LogP contribution in [0.25, 0.3) is 0 Å². The van der Waals surface area contributed by atoms with E-state index in [1.165, 1.54) is 12.1 Å². The number of hydrogen-bond donors (Lipinski definition) is 2. The van der Waals surface area contributed by atoms with Crippen LogP contribution in [-0.2, 0) is 10.0 Å². The average molecular weight is 399 g/mol. The van der Waals surface area contributed by atoms with E-state index in [4.69, 9.17) is 0 Å². The van der Waals surface area contributed by atoms with E-state index >= 15 is 0 Å². The Balaban J connectivity index is 2.29. The Kier molecular flexibility index (Phi) is 7.11. The van der Waals surface area contributed by atoms with Gasteiger partial charge in [-0.05, 0) is 31.2 Å². The lowest BCUT2D eigenvalue weighted by atomic mass is 10.2. The zero-order valence-corrected chi connectivity index (χ0v) is 16.1. The van der Waals surface area contributed by atoms with Gasteiger partial charge in [0, 0.05) is 23.9 Å². The highest BCUT2D eigenvalue weighted by Gasteiger charge is 2.22. The van der Waals surface area contributed by atoms with Crippen molar-refractivity contribution in [2.45, 2.75) is 18.2 Å². The third-order valence-corrected chi connectivity index (χ3v) is 5.04. The maximum Gasteiger partial charge on any atom is 0.294 e. The molecule has 0 saturated carbocycles. The SMILES string of the molecule is C=C(/C=C\C=C/C)Nc1ccc(S(=O)(=O)NC2=CC=CC=CC2)cc1[N+](=O)[O-]. The van der Waals surface area contributed by atoms with Crippen LogP contribution in [0.4, 0.5) is 11.4 Å². The van der Waals surface area contributed by atoms with Crippen LogP contribution in [0.5, 0.6) is 0 Å². The molecule has 8 heteroatoms. The molecule has 0 spiro atoms. The third-order valence-electron chi connectivity index (χ3n) is 3.63. The van der Waals surface area contributed by atoms with Crippen LogP contribution in [0.3, 0.4) is 0 Å². The molecule has 1 aliphatic carbocycles. The van der Waals surface area contributed by atoms with Crippen molar-refractivity contribution in [1.82, 2.24) is 4.72 Å². The summed E-state index contributed by atoms with van der Waals surface area (Å²) in [5.41, 5.74) is 0.686. The molecule has 2 rings (SSSR count). The number of nitrogens with one attached hydrogen (secondary N) is 2. The predicted octanol–water partition coefficient (Wildman–Crippen LogP) is 4.33. The van der Waals surface area contributed by atoms with E-state index < -0.39 is 14.9 Å². The second-order valence-corrected chi connectivity index (χ2v) is 7.47. The van der Waals surface area contributed by atoms with E-state index in [2.05, 4.69) is 16.6 Å². The van der Waals surface area contributed by atoms with Crippen LogP contribution in [0.2, 0.25) is 0 Å². The number of anilines is 1. The molecule has 2 N–H and O–H groups in total. The fourth-order valence-electron chi connectivity index (χ4n) is 2.32. The van der Waals surface area contributed by atoms with Crippen molar-refractivity contribution in [2.75, 3.05) is 5.32 Å². The largest absolute Gasteiger partial charge is 0.350 e. The van der Waals surface area contributed by atoms with E-state index in [9.17, 15) is 18.5 Å². The summed E-state index contributed by atoms with van der Waals surface area (Å²) in [5, 5.41) is 14.3. The van der Waals surface area contributed by atoms with Crippen LogP contribution in [0, 0.1) is 10.1 Å². The summed E-state index contributed by atoms with van der Waals surface area (Å²) in [6.07, 6.45) is 16.1. The first-order valence-electron chi connectivity index (χ1n) is 8.42. The molecule has 1 aliphatic rings. The maximum atomic E-state index is 12.6. The third kappa shape index (κ3) is 5.82. The minimum atomic E-state index is -3.96. The van der Waals surface area contributed by atoms with Crippen molar-refractivity contribution < 1.29 is 13.3 Å². The minimum absolute atomic E-state index is 0.152. The van der Waals surface area contributed by atoms with E-state index in [1.54, 1.807) is 48.6 Å². The summed E-state index contributed by atoms with van der Waals surface area (Å²) in [6.45, 7) is 5.63. The van der Waals surface area contributed by atoms with Gasteiger partial charge in [-0.2, -0.15) is 0 Å². The Labute approximate surface area is 164 Å². The van der Waals surface area contributed by atoms with Gasteiger partial charge >= 0.3 is 0 Å². The molecule has 0 aromatic heterocycles. The van der Waals surface area contributed by atoms with Crippen LogP contribution in [0.1, 0.15) is 13.3 Å². The topological polar surface area (TPSA) is 101 Å². The molecule has 1 aromatic carbocycles. The monoisotopic (exact) mass is 399 g/mol. The second-order valence-electron chi connectivity index (χ2n) is 5.79. The number of nitro groups is 1. The lowest BCUT2D eigenvalue weighted by Gasteiger charge is -2.12. The molecule has 0 bridgehead atoms. The molecule has 7 nitrogen and oxygen atoms in total. The number of allylic oxidation sites excluding steroid dienone is 9. The van der Waals surface area contributed by atoms with Gasteiger partial charge < -0.3 is 5.32 Å². The van der Waals surface area contributed by atoms with Crippen molar-refractivity contribution >= 4 is 21.4 Å². The second kappa shape index (κ2) is 9.52. The highest BCUT2D eigenvalue weighted by Crippen LogP contribution is 2.29. The smallest absolute Gasteiger partial charge is 0.294 e. The van der Waals surface area contributed by atoms with Crippen LogP contribution in [0.15, 0.2) is 95.8 Å². The lowest BCUT2D eigenvalue weighted by molar-refractivity contribution is -0.384. The molecule has 0 atom stereocenters. The Bertz CT molecular complexity index is 1020. The van der Waals surface area contributed by atoms with Crippen molar-refractivity contribution in [1.29, 1.82) is 0 Å². The number of hydrogen-bond acceptors (Lipinski definition) is 5. The molecule has 146 valence electrons. The fourth-order valence-corrected chi connectivity index (χ4v) is 3.45. The lowest BCUT2D eigenvalue weighted by Crippen LogP contribution is -2.23. The van der Waals surface area contributed by atoms with Gasteiger partial charge in [-0.3, -0.25) is 14.8 Å². The summed E-state index contributed by atoms with van der Waals surface area (Å²) in [7, 11) is -3.96. The number of nitro benzene ring substituents is 1. The van der Waals surface area contributed by atoms with E-state index in [0.717, 1.165) is 6.07 Å². The van der Waals surface area contributed by atoms with Gasteiger partial charge in [-0.25, -0.2) is 8.42 Å². The van der Waals surface area contributed by atoms with Crippen molar-refractivity contribution in [3.8, 4) is 0 Å². The average Bonchev–Trinajstić information content (AvgIpc) is 2.90. The molecule has 1 aromatic rings. The van der Waals surface area contributed by atoms with Crippen LogP contribution < -0.4 is 10.0 Å². The molecule has 0 fully saturated rings. The quantitative estimate of drug-likeness (QED) is 0.385. The summed E-state index contributed by atoms with van der Waals surface area (Å²) < 4.78 is 27.7. The van der Waals surface area contributed by atoms with Gasteiger partial charge in [-0.1, -0.05) is 49.1 Å². The van der Waals surface area contributed by atoms with Crippen molar-refractivity contribution in [3.05, 3.63) is 101 Å². The van der Waals surface area contributed by atoms with E-state index in [0.29, 0.717) is 17.8 Å². The van der Waals surface area contributed by atoms with Crippen LogP contribution >= 0.6 is 0 Å². The first kappa shape index (κ1) is 20.9. The van der Waals surface area contributed by atoms with Gasteiger partial charge in [0.1, 0.15) is 5.69 Å². The Morgan fingerprint density at radius 1 is 1.25 bits per heavy atom. The first-order chi connectivity index (χ1) is 13.3. The standard InChI is InChI=1S/C20H21N3O4S/c1-3-4-7-10-16(2)21-19-14-13-18(15-20(19)23(24)25)28(26,27)22-17-11-8-5-6-9-12-17/h3-11,13-15,21-22H,2,12H2,1H3/b4-3-,10-7-. The highest BCUT2D eigenvalue weighted by molar-refractivity contribution is 7.89. The zero-order chi connectivity index (χ0) is 20.6. The Morgan fingerprint density at radius 3 is 2.75 bits per heavy atom. The number of benzene rings is 1. The molecule has 0 saturated heterocycles. The number of rotatable bonds is 8. The fraction of sp³-hybridized carbons (Fsp3) is 0.100. The van der Waals surface area contributed by atoms with E-state index in [-0.39, 0.29) is 16.3 Å². The van der Waals surface area contributed by atoms with Gasteiger partial charge in [0.25, 0.3) is 15.7 Å². The minimum Gasteiger partial charge on any atom is -0.350 e. The summed E-state index contributed by atoms with van der Waals surface area (Å²) >= 11 is 0. The molecule has 28 heavy (non-hydrogen) atoms.